The minimum atomic E-state index is -0.616. The second-order valence-electron chi connectivity index (χ2n) is 4.56. The lowest BCUT2D eigenvalue weighted by atomic mass is 9.85. The molecule has 2 rings (SSSR count). The molecule has 1 saturated carbocycles. The van der Waals surface area contributed by atoms with Crippen molar-refractivity contribution in [3.05, 3.63) is 29.3 Å². The van der Waals surface area contributed by atoms with Crippen molar-refractivity contribution < 1.29 is 13.9 Å². The Morgan fingerprint density at radius 2 is 2.17 bits per heavy atom. The van der Waals surface area contributed by atoms with Gasteiger partial charge in [-0.3, -0.25) is 0 Å². The standard InChI is InChI=1S/C14H16FNO2/c1-18-13-6-4-5-12(11(13)9-15)14(16-10-17)7-2-3-8-14/h4-6H,2-3,7-9H2,1H3. The summed E-state index contributed by atoms with van der Waals surface area (Å²) in [6.07, 6.45) is 5.17. The first-order valence-corrected chi connectivity index (χ1v) is 6.09. The van der Waals surface area contributed by atoms with Crippen molar-refractivity contribution in [2.45, 2.75) is 37.9 Å². The van der Waals surface area contributed by atoms with Gasteiger partial charge in [0.25, 0.3) is 0 Å². The highest BCUT2D eigenvalue weighted by Gasteiger charge is 2.38. The number of isocyanates is 1. The molecule has 96 valence electrons. The van der Waals surface area contributed by atoms with Crippen molar-refractivity contribution in [2.24, 2.45) is 4.99 Å². The lowest BCUT2D eigenvalue weighted by molar-refractivity contribution is 0.381. The van der Waals surface area contributed by atoms with Crippen LogP contribution in [0.25, 0.3) is 0 Å². The first kappa shape index (κ1) is 12.8. The van der Waals surface area contributed by atoms with Gasteiger partial charge in [-0.15, -0.1) is 0 Å². The number of halogens is 1. The zero-order valence-electron chi connectivity index (χ0n) is 10.4. The number of hydrogen-bond acceptors (Lipinski definition) is 3. The summed E-state index contributed by atoms with van der Waals surface area (Å²) in [6, 6.07) is 5.38. The van der Waals surface area contributed by atoms with E-state index in [4.69, 9.17) is 4.74 Å². The predicted octanol–water partition coefficient (Wildman–Crippen LogP) is 3.27. The molecular formula is C14H16FNO2. The van der Waals surface area contributed by atoms with Crippen molar-refractivity contribution in [3.8, 4) is 5.75 Å². The molecule has 0 bridgehead atoms. The fourth-order valence-corrected chi connectivity index (χ4v) is 2.82. The van der Waals surface area contributed by atoms with E-state index in [1.807, 2.05) is 12.1 Å². The number of carbonyl (C=O) groups excluding carboxylic acids is 1. The third-order valence-electron chi connectivity index (χ3n) is 3.68. The van der Waals surface area contributed by atoms with Crippen LogP contribution in [-0.2, 0) is 17.0 Å². The minimum Gasteiger partial charge on any atom is -0.496 e. The zero-order valence-corrected chi connectivity index (χ0v) is 10.4. The molecule has 0 saturated heterocycles. The van der Waals surface area contributed by atoms with Crippen molar-refractivity contribution in [2.75, 3.05) is 7.11 Å². The molecule has 3 nitrogen and oxygen atoms in total. The second kappa shape index (κ2) is 5.32. The average Bonchev–Trinajstić information content (AvgIpc) is 2.87. The molecule has 1 aliphatic carbocycles. The third kappa shape index (κ3) is 2.04. The van der Waals surface area contributed by atoms with E-state index in [0.717, 1.165) is 31.2 Å². The molecule has 0 unspecified atom stereocenters. The molecule has 1 fully saturated rings. The number of alkyl halides is 1. The fourth-order valence-electron chi connectivity index (χ4n) is 2.82. The molecule has 0 radical (unpaired) electrons. The summed E-state index contributed by atoms with van der Waals surface area (Å²) in [7, 11) is 1.52. The van der Waals surface area contributed by atoms with Gasteiger partial charge in [0.05, 0.1) is 12.6 Å². The van der Waals surface area contributed by atoms with Gasteiger partial charge in [0, 0.05) is 5.56 Å². The third-order valence-corrected chi connectivity index (χ3v) is 3.68. The van der Waals surface area contributed by atoms with Gasteiger partial charge < -0.3 is 4.74 Å². The Morgan fingerprint density at radius 1 is 1.44 bits per heavy atom. The predicted molar refractivity (Wildman–Crippen MR) is 66.1 cm³/mol. The highest BCUT2D eigenvalue weighted by atomic mass is 19.1. The van der Waals surface area contributed by atoms with Crippen LogP contribution in [0.2, 0.25) is 0 Å². The molecular weight excluding hydrogens is 233 g/mol. The van der Waals surface area contributed by atoms with Crippen LogP contribution in [0.4, 0.5) is 4.39 Å². The Balaban J connectivity index is 2.57. The number of methoxy groups -OCH3 is 1. The van der Waals surface area contributed by atoms with Crippen LogP contribution in [0.15, 0.2) is 23.2 Å². The van der Waals surface area contributed by atoms with E-state index < -0.39 is 12.2 Å². The maximum absolute atomic E-state index is 13.3. The Morgan fingerprint density at radius 3 is 2.72 bits per heavy atom. The number of aliphatic imine (C=N–C) groups is 1. The SMILES string of the molecule is COc1cccc(C2(N=C=O)CCCC2)c1CF. The largest absolute Gasteiger partial charge is 0.496 e. The lowest BCUT2D eigenvalue weighted by Crippen LogP contribution is -2.21. The number of benzene rings is 1. The molecule has 0 aromatic heterocycles. The average molecular weight is 249 g/mol. The molecule has 0 aliphatic heterocycles. The second-order valence-corrected chi connectivity index (χ2v) is 4.56. The Kier molecular flexibility index (Phi) is 3.78. The van der Waals surface area contributed by atoms with Crippen molar-refractivity contribution in [1.82, 2.24) is 0 Å². The lowest BCUT2D eigenvalue weighted by Gasteiger charge is -2.26. The van der Waals surface area contributed by atoms with Crippen LogP contribution in [0.3, 0.4) is 0 Å². The number of hydrogen-bond donors (Lipinski definition) is 0. The molecule has 0 amide bonds. The first-order chi connectivity index (χ1) is 8.77. The van der Waals surface area contributed by atoms with Gasteiger partial charge >= 0.3 is 0 Å². The van der Waals surface area contributed by atoms with E-state index in [1.54, 1.807) is 12.1 Å². The highest BCUT2D eigenvalue weighted by molar-refractivity contribution is 5.47. The van der Waals surface area contributed by atoms with Crippen LogP contribution < -0.4 is 4.74 Å². The molecule has 1 aromatic rings. The Hall–Kier alpha value is -1.67. The van der Waals surface area contributed by atoms with Gasteiger partial charge in [-0.25, -0.2) is 9.18 Å². The van der Waals surface area contributed by atoms with E-state index in [9.17, 15) is 9.18 Å². The first-order valence-electron chi connectivity index (χ1n) is 6.09. The number of ether oxygens (including phenoxy) is 1. The van der Waals surface area contributed by atoms with Gasteiger partial charge in [-0.1, -0.05) is 25.0 Å². The van der Waals surface area contributed by atoms with E-state index in [-0.39, 0.29) is 0 Å². The summed E-state index contributed by atoms with van der Waals surface area (Å²) in [4.78, 5) is 14.7. The maximum Gasteiger partial charge on any atom is 0.235 e. The fraction of sp³-hybridized carbons (Fsp3) is 0.500. The topological polar surface area (TPSA) is 38.7 Å². The van der Waals surface area contributed by atoms with Gasteiger partial charge in [0.15, 0.2) is 0 Å². The summed E-state index contributed by atoms with van der Waals surface area (Å²) < 4.78 is 18.5. The van der Waals surface area contributed by atoms with Crippen LogP contribution >= 0.6 is 0 Å². The molecule has 18 heavy (non-hydrogen) atoms. The van der Waals surface area contributed by atoms with Gasteiger partial charge in [0.1, 0.15) is 12.4 Å². The molecule has 0 N–H and O–H groups in total. The monoisotopic (exact) mass is 249 g/mol. The Bertz CT molecular complexity index is 475. The quantitative estimate of drug-likeness (QED) is 0.606. The van der Waals surface area contributed by atoms with Gasteiger partial charge in [-0.2, -0.15) is 4.99 Å². The maximum atomic E-state index is 13.3. The van der Waals surface area contributed by atoms with Crippen LogP contribution in [-0.4, -0.2) is 13.2 Å². The summed E-state index contributed by atoms with van der Waals surface area (Å²) in [6.45, 7) is -0.616. The van der Waals surface area contributed by atoms with E-state index in [0.29, 0.717) is 11.3 Å². The summed E-state index contributed by atoms with van der Waals surface area (Å²) in [5.74, 6) is 0.516. The van der Waals surface area contributed by atoms with Gasteiger partial charge in [-0.05, 0) is 24.5 Å². The Labute approximate surface area is 106 Å². The van der Waals surface area contributed by atoms with E-state index in [1.165, 1.54) is 7.11 Å². The van der Waals surface area contributed by atoms with Crippen LogP contribution in [0, 0.1) is 0 Å². The zero-order chi connectivity index (χ0) is 13.0. The molecule has 0 spiro atoms. The molecule has 4 heteroatoms. The molecule has 0 atom stereocenters. The van der Waals surface area contributed by atoms with Crippen LogP contribution in [0.1, 0.15) is 36.8 Å². The van der Waals surface area contributed by atoms with Crippen molar-refractivity contribution in [3.63, 3.8) is 0 Å². The minimum absolute atomic E-state index is 0.501. The molecule has 0 heterocycles. The van der Waals surface area contributed by atoms with Crippen LogP contribution in [0.5, 0.6) is 5.75 Å². The number of rotatable bonds is 4. The van der Waals surface area contributed by atoms with Crippen molar-refractivity contribution >= 4 is 6.08 Å². The van der Waals surface area contributed by atoms with Crippen molar-refractivity contribution in [1.29, 1.82) is 0 Å². The smallest absolute Gasteiger partial charge is 0.235 e. The normalized spacial score (nSPS) is 17.2. The van der Waals surface area contributed by atoms with E-state index >= 15 is 0 Å². The molecule has 1 aliphatic rings. The summed E-state index contributed by atoms with van der Waals surface area (Å²) in [5.41, 5.74) is 0.670. The summed E-state index contributed by atoms with van der Waals surface area (Å²) in [5, 5.41) is 0. The molecule has 1 aromatic carbocycles. The van der Waals surface area contributed by atoms with Gasteiger partial charge in [0.2, 0.25) is 6.08 Å². The van der Waals surface area contributed by atoms with E-state index in [2.05, 4.69) is 4.99 Å². The summed E-state index contributed by atoms with van der Waals surface area (Å²) >= 11 is 0. The number of nitrogens with zero attached hydrogens (tertiary/aromatic N) is 1. The highest BCUT2D eigenvalue weighted by Crippen LogP contribution is 2.45.